The second-order valence-corrected chi connectivity index (χ2v) is 8.55. The fourth-order valence-electron chi connectivity index (χ4n) is 4.21. The van der Waals surface area contributed by atoms with Crippen LogP contribution in [0.1, 0.15) is 54.7 Å². The van der Waals surface area contributed by atoms with Gasteiger partial charge in [-0.25, -0.2) is 14.3 Å². The first-order chi connectivity index (χ1) is 15.9. The van der Waals surface area contributed by atoms with Crippen LogP contribution in [0.25, 0.3) is 0 Å². The van der Waals surface area contributed by atoms with Gasteiger partial charge in [-0.2, -0.15) is 5.10 Å². The summed E-state index contributed by atoms with van der Waals surface area (Å²) in [5, 5.41) is 7.11. The van der Waals surface area contributed by atoms with Crippen LogP contribution in [0, 0.1) is 5.92 Å². The highest BCUT2D eigenvalue weighted by Gasteiger charge is 2.36. The van der Waals surface area contributed by atoms with E-state index in [9.17, 15) is 19.2 Å². The molecule has 4 rings (SSSR count). The van der Waals surface area contributed by atoms with Crippen LogP contribution in [0.15, 0.2) is 29.1 Å². The van der Waals surface area contributed by atoms with Gasteiger partial charge in [0.2, 0.25) is 11.8 Å². The Morgan fingerprint density at radius 1 is 1.12 bits per heavy atom. The second-order valence-electron chi connectivity index (χ2n) is 8.55. The molecule has 10 heteroatoms. The molecule has 1 saturated heterocycles. The van der Waals surface area contributed by atoms with E-state index >= 15 is 0 Å². The van der Waals surface area contributed by atoms with Crippen molar-refractivity contribution in [1.29, 1.82) is 0 Å². The highest BCUT2D eigenvalue weighted by molar-refractivity contribution is 6.01. The molecule has 0 atom stereocenters. The molecule has 1 saturated carbocycles. The van der Waals surface area contributed by atoms with Gasteiger partial charge in [-0.05, 0) is 44.7 Å². The van der Waals surface area contributed by atoms with Crippen molar-refractivity contribution in [2.24, 2.45) is 13.0 Å². The Morgan fingerprint density at radius 3 is 2.48 bits per heavy atom. The molecule has 176 valence electrons. The van der Waals surface area contributed by atoms with Crippen LogP contribution in [-0.2, 0) is 27.9 Å². The van der Waals surface area contributed by atoms with Gasteiger partial charge in [0.25, 0.3) is 0 Å². The number of carbonyl (C=O) groups excluding carboxylic acids is 3. The molecule has 0 radical (unpaired) electrons. The zero-order valence-electron chi connectivity index (χ0n) is 19.0. The lowest BCUT2D eigenvalue weighted by molar-refractivity contribution is -0.133. The Labute approximate surface area is 191 Å². The summed E-state index contributed by atoms with van der Waals surface area (Å²) in [6.45, 7) is 2.97. The molecule has 1 aliphatic carbocycles. The maximum atomic E-state index is 12.7. The molecule has 0 unspecified atom stereocenters. The average molecular weight is 456 g/mol. The van der Waals surface area contributed by atoms with E-state index in [-0.39, 0.29) is 42.1 Å². The summed E-state index contributed by atoms with van der Waals surface area (Å²) < 4.78 is 7.64. The Bertz CT molecular complexity index is 1110. The number of piperidine rings is 1. The van der Waals surface area contributed by atoms with Gasteiger partial charge in [0.05, 0.1) is 17.9 Å². The van der Waals surface area contributed by atoms with Gasteiger partial charge in [0, 0.05) is 32.0 Å². The maximum Gasteiger partial charge on any atom is 0.346 e. The average Bonchev–Trinajstić information content (AvgIpc) is 3.62. The molecule has 0 spiro atoms. The minimum absolute atomic E-state index is 0.0554. The molecule has 1 aromatic carbocycles. The number of amides is 2. The van der Waals surface area contributed by atoms with Crippen LogP contribution in [0.2, 0.25) is 0 Å². The topological polar surface area (TPSA) is 116 Å². The van der Waals surface area contributed by atoms with Crippen molar-refractivity contribution in [3.05, 3.63) is 46.1 Å². The summed E-state index contributed by atoms with van der Waals surface area (Å²) in [7, 11) is 1.65. The van der Waals surface area contributed by atoms with E-state index in [1.54, 1.807) is 38.2 Å². The van der Waals surface area contributed by atoms with Gasteiger partial charge < -0.3 is 15.0 Å². The fourth-order valence-corrected chi connectivity index (χ4v) is 4.21. The summed E-state index contributed by atoms with van der Waals surface area (Å²) >= 11 is 0. The van der Waals surface area contributed by atoms with E-state index in [4.69, 9.17) is 4.74 Å². The quantitative estimate of drug-likeness (QED) is 0.633. The molecule has 2 aromatic rings. The number of esters is 1. The van der Waals surface area contributed by atoms with Crippen molar-refractivity contribution in [2.75, 3.05) is 25.0 Å². The fraction of sp³-hybridized carbons (Fsp3) is 0.522. The molecule has 0 bridgehead atoms. The minimum atomic E-state index is -0.530. The third kappa shape index (κ3) is 4.99. The largest absolute Gasteiger partial charge is 0.462 e. The lowest BCUT2D eigenvalue weighted by atomic mass is 9.95. The highest BCUT2D eigenvalue weighted by Crippen LogP contribution is 2.33. The minimum Gasteiger partial charge on any atom is -0.462 e. The summed E-state index contributed by atoms with van der Waals surface area (Å²) in [6, 6.07) is 6.55. The second kappa shape index (κ2) is 9.60. The number of para-hydroxylation sites is 1. The zero-order chi connectivity index (χ0) is 23.5. The third-order valence-corrected chi connectivity index (χ3v) is 6.16. The Kier molecular flexibility index (Phi) is 6.62. The van der Waals surface area contributed by atoms with Gasteiger partial charge in [-0.3, -0.25) is 14.2 Å². The number of benzene rings is 1. The van der Waals surface area contributed by atoms with Crippen molar-refractivity contribution < 1.29 is 19.1 Å². The lowest BCUT2D eigenvalue weighted by Crippen LogP contribution is -2.39. The van der Waals surface area contributed by atoms with E-state index in [1.165, 1.54) is 4.57 Å². The Morgan fingerprint density at radius 2 is 1.82 bits per heavy atom. The number of aromatic nitrogens is 3. The molecule has 2 heterocycles. The van der Waals surface area contributed by atoms with E-state index in [1.807, 2.05) is 4.90 Å². The van der Waals surface area contributed by atoms with Crippen molar-refractivity contribution in [3.63, 3.8) is 0 Å². The molecular weight excluding hydrogens is 426 g/mol. The molecule has 1 aromatic heterocycles. The molecule has 10 nitrogen and oxygen atoms in total. The molecule has 1 aliphatic heterocycles. The number of ether oxygens (including phenoxy) is 1. The first-order valence-electron chi connectivity index (χ1n) is 11.4. The standard InChI is InChI=1S/C23H29N5O5/c1-3-33-22(31)17-6-4-5-7-18(17)24-19(29)14-28-23(32)26(2)20(25-28)15-10-12-27(13-11-15)21(30)16-8-9-16/h4-7,15-16H,3,8-14H2,1-2H3,(H,24,29). The van der Waals surface area contributed by atoms with E-state index in [0.29, 0.717) is 24.6 Å². The van der Waals surface area contributed by atoms with E-state index in [2.05, 4.69) is 10.4 Å². The molecule has 2 aliphatic rings. The van der Waals surface area contributed by atoms with Crippen molar-refractivity contribution in [3.8, 4) is 0 Å². The monoisotopic (exact) mass is 455 g/mol. The Balaban J connectivity index is 1.41. The number of rotatable bonds is 7. The first kappa shape index (κ1) is 22.8. The van der Waals surface area contributed by atoms with Crippen LogP contribution in [0.5, 0.6) is 0 Å². The lowest BCUT2D eigenvalue weighted by Gasteiger charge is -2.31. The molecule has 2 fully saturated rings. The summed E-state index contributed by atoms with van der Waals surface area (Å²) in [5.74, 6) is 0.129. The van der Waals surface area contributed by atoms with Crippen LogP contribution in [0.4, 0.5) is 5.69 Å². The van der Waals surface area contributed by atoms with Crippen LogP contribution >= 0.6 is 0 Å². The number of carbonyl (C=O) groups is 3. The third-order valence-electron chi connectivity index (χ3n) is 6.16. The summed E-state index contributed by atoms with van der Waals surface area (Å²) in [4.78, 5) is 51.6. The van der Waals surface area contributed by atoms with Gasteiger partial charge in [-0.1, -0.05) is 12.1 Å². The normalized spacial score (nSPS) is 16.5. The molecule has 1 N–H and O–H groups in total. The van der Waals surface area contributed by atoms with Crippen molar-refractivity contribution in [2.45, 2.75) is 45.1 Å². The number of hydrogen-bond donors (Lipinski definition) is 1. The smallest absolute Gasteiger partial charge is 0.346 e. The van der Waals surface area contributed by atoms with Gasteiger partial charge in [0.15, 0.2) is 0 Å². The maximum absolute atomic E-state index is 12.7. The molecular formula is C23H29N5O5. The first-order valence-corrected chi connectivity index (χ1v) is 11.4. The van der Waals surface area contributed by atoms with Crippen molar-refractivity contribution >= 4 is 23.5 Å². The van der Waals surface area contributed by atoms with E-state index in [0.717, 1.165) is 30.4 Å². The number of nitrogens with one attached hydrogen (secondary N) is 1. The van der Waals surface area contributed by atoms with Crippen molar-refractivity contribution in [1.82, 2.24) is 19.2 Å². The number of hydrogen-bond acceptors (Lipinski definition) is 6. The zero-order valence-corrected chi connectivity index (χ0v) is 19.0. The van der Waals surface area contributed by atoms with Crippen LogP contribution in [-0.4, -0.2) is 56.7 Å². The van der Waals surface area contributed by atoms with Gasteiger partial charge in [-0.15, -0.1) is 0 Å². The molecule has 2 amide bonds. The highest BCUT2D eigenvalue weighted by atomic mass is 16.5. The van der Waals surface area contributed by atoms with Crippen LogP contribution < -0.4 is 11.0 Å². The van der Waals surface area contributed by atoms with Gasteiger partial charge >= 0.3 is 11.7 Å². The predicted molar refractivity (Wildman–Crippen MR) is 120 cm³/mol. The van der Waals surface area contributed by atoms with Crippen LogP contribution in [0.3, 0.4) is 0 Å². The SMILES string of the molecule is CCOC(=O)c1ccccc1NC(=O)Cn1nc(C2CCN(C(=O)C3CC3)CC2)n(C)c1=O. The number of nitrogens with zero attached hydrogens (tertiary/aromatic N) is 4. The number of likely N-dealkylation sites (tertiary alicyclic amines) is 1. The van der Waals surface area contributed by atoms with Gasteiger partial charge in [0.1, 0.15) is 12.4 Å². The molecule has 33 heavy (non-hydrogen) atoms. The summed E-state index contributed by atoms with van der Waals surface area (Å²) in [6.07, 6.45) is 3.46. The Hall–Kier alpha value is -3.43. The summed E-state index contributed by atoms with van der Waals surface area (Å²) in [5.41, 5.74) is 0.183. The van der Waals surface area contributed by atoms with E-state index < -0.39 is 11.9 Å². The number of anilines is 1. The predicted octanol–water partition coefficient (Wildman–Crippen LogP) is 1.51.